The molecule has 2 N–H and O–H groups in total. The Balaban J connectivity index is 4.27. The largest absolute Gasteiger partial charge is 0.481 e. The fourth-order valence-electron chi connectivity index (χ4n) is 1.37. The molecule has 96 valence electrons. The van der Waals surface area contributed by atoms with Crippen LogP contribution in [0.1, 0.15) is 27.7 Å². The first-order valence-corrected chi connectivity index (χ1v) is 5.78. The Labute approximate surface area is 99.0 Å². The maximum Gasteiger partial charge on any atom is 0.310 e. The van der Waals surface area contributed by atoms with Crippen LogP contribution in [0.4, 0.5) is 0 Å². The van der Waals surface area contributed by atoms with Crippen LogP contribution in [0.15, 0.2) is 0 Å². The number of hydrogen-bond donors (Lipinski definition) is 2. The molecule has 0 heterocycles. The monoisotopic (exact) mass is 230 g/mol. The highest BCUT2D eigenvalue weighted by atomic mass is 16.4. The topological polar surface area (TPSA) is 52.6 Å². The summed E-state index contributed by atoms with van der Waals surface area (Å²) in [6.45, 7) is 9.21. The van der Waals surface area contributed by atoms with Crippen LogP contribution in [0.25, 0.3) is 0 Å². The van der Waals surface area contributed by atoms with Gasteiger partial charge in [-0.15, -0.1) is 0 Å². The minimum absolute atomic E-state index is 0.327. The van der Waals surface area contributed by atoms with Crippen molar-refractivity contribution >= 4 is 5.97 Å². The van der Waals surface area contributed by atoms with Crippen molar-refractivity contribution in [3.8, 4) is 0 Å². The Hall–Kier alpha value is -0.610. The maximum atomic E-state index is 11.0. The van der Waals surface area contributed by atoms with Gasteiger partial charge in [-0.1, -0.05) is 13.8 Å². The fourth-order valence-corrected chi connectivity index (χ4v) is 1.37. The number of likely N-dealkylation sites (N-methyl/N-ethyl adjacent to an activating group) is 1. The van der Waals surface area contributed by atoms with E-state index in [1.165, 1.54) is 0 Å². The molecule has 0 saturated heterocycles. The van der Waals surface area contributed by atoms with Gasteiger partial charge in [-0.2, -0.15) is 0 Å². The van der Waals surface area contributed by atoms with E-state index >= 15 is 0 Å². The van der Waals surface area contributed by atoms with E-state index in [-0.39, 0.29) is 0 Å². The zero-order valence-electron chi connectivity index (χ0n) is 11.4. The molecule has 0 rings (SSSR count). The van der Waals surface area contributed by atoms with Gasteiger partial charge in [0.25, 0.3) is 0 Å². The molecule has 1 unspecified atom stereocenters. The average molecular weight is 230 g/mol. The second-order valence-electron chi connectivity index (χ2n) is 5.68. The Kier molecular flexibility index (Phi) is 5.97. The van der Waals surface area contributed by atoms with Crippen LogP contribution in [-0.2, 0) is 4.79 Å². The van der Waals surface area contributed by atoms with Crippen LogP contribution in [0.3, 0.4) is 0 Å². The van der Waals surface area contributed by atoms with E-state index in [4.69, 9.17) is 5.11 Å². The van der Waals surface area contributed by atoms with Crippen molar-refractivity contribution in [1.82, 2.24) is 10.2 Å². The minimum atomic E-state index is -0.757. The molecule has 0 spiro atoms. The van der Waals surface area contributed by atoms with E-state index < -0.39 is 11.4 Å². The summed E-state index contributed by atoms with van der Waals surface area (Å²) in [6, 6.07) is 0.327. The van der Waals surface area contributed by atoms with Gasteiger partial charge in [0.2, 0.25) is 0 Å². The lowest BCUT2D eigenvalue weighted by Gasteiger charge is -2.29. The number of carboxylic acid groups (broad SMARTS) is 1. The Morgan fingerprint density at radius 2 is 1.88 bits per heavy atom. The molecular weight excluding hydrogens is 204 g/mol. The minimum Gasteiger partial charge on any atom is -0.481 e. The number of nitrogens with one attached hydrogen (secondary N) is 1. The summed E-state index contributed by atoms with van der Waals surface area (Å²) >= 11 is 0. The van der Waals surface area contributed by atoms with Gasteiger partial charge in [-0.3, -0.25) is 4.79 Å². The molecule has 0 aliphatic heterocycles. The van der Waals surface area contributed by atoms with Crippen molar-refractivity contribution in [1.29, 1.82) is 0 Å². The van der Waals surface area contributed by atoms with Gasteiger partial charge in [0.1, 0.15) is 0 Å². The molecule has 0 aromatic rings. The van der Waals surface area contributed by atoms with E-state index in [2.05, 4.69) is 24.1 Å². The smallest absolute Gasteiger partial charge is 0.310 e. The number of aliphatic carboxylic acids is 1. The van der Waals surface area contributed by atoms with Gasteiger partial charge < -0.3 is 15.3 Å². The zero-order valence-corrected chi connectivity index (χ0v) is 11.4. The van der Waals surface area contributed by atoms with E-state index in [9.17, 15) is 4.79 Å². The van der Waals surface area contributed by atoms with E-state index in [0.717, 1.165) is 6.54 Å². The molecule has 0 bridgehead atoms. The standard InChI is InChI=1S/C12H26N2O2/c1-9(2)10(7-14(5)6)13-8-12(3,4)11(15)16/h9-10,13H,7-8H2,1-6H3,(H,15,16). The average Bonchev–Trinajstić information content (AvgIpc) is 2.10. The SMILES string of the molecule is CC(C)C(CN(C)C)NCC(C)(C)C(=O)O. The fraction of sp³-hybridized carbons (Fsp3) is 0.917. The molecule has 0 radical (unpaired) electrons. The quantitative estimate of drug-likeness (QED) is 0.691. The molecule has 1 atom stereocenters. The Morgan fingerprint density at radius 1 is 1.38 bits per heavy atom. The van der Waals surface area contributed by atoms with Gasteiger partial charge in [0.15, 0.2) is 0 Å². The normalized spacial score (nSPS) is 14.5. The van der Waals surface area contributed by atoms with E-state index in [1.54, 1.807) is 13.8 Å². The number of carboxylic acids is 1. The van der Waals surface area contributed by atoms with E-state index in [0.29, 0.717) is 18.5 Å². The molecule has 0 aromatic heterocycles. The Morgan fingerprint density at radius 3 is 2.19 bits per heavy atom. The van der Waals surface area contributed by atoms with E-state index in [1.807, 2.05) is 14.1 Å². The maximum absolute atomic E-state index is 11.0. The van der Waals surface area contributed by atoms with Crippen LogP contribution >= 0.6 is 0 Å². The van der Waals surface area contributed by atoms with Gasteiger partial charge in [-0.05, 0) is 33.9 Å². The first kappa shape index (κ1) is 15.4. The van der Waals surface area contributed by atoms with Crippen molar-refractivity contribution in [2.45, 2.75) is 33.7 Å². The second kappa shape index (κ2) is 6.21. The number of nitrogens with zero attached hydrogens (tertiary/aromatic N) is 1. The Bertz CT molecular complexity index is 225. The van der Waals surface area contributed by atoms with Crippen molar-refractivity contribution in [3.05, 3.63) is 0 Å². The third kappa shape index (κ3) is 5.47. The lowest BCUT2D eigenvalue weighted by molar-refractivity contribution is -0.146. The molecule has 0 saturated carbocycles. The predicted octanol–water partition coefficient (Wildman–Crippen LogP) is 1.27. The summed E-state index contributed by atoms with van der Waals surface area (Å²) in [6.07, 6.45) is 0. The third-order valence-corrected chi connectivity index (χ3v) is 2.75. The summed E-state index contributed by atoms with van der Waals surface area (Å²) in [5.41, 5.74) is -0.709. The first-order chi connectivity index (χ1) is 7.16. The van der Waals surface area contributed by atoms with Crippen molar-refractivity contribution in [2.75, 3.05) is 27.2 Å². The molecular formula is C12H26N2O2. The van der Waals surface area contributed by atoms with Crippen LogP contribution in [-0.4, -0.2) is 49.2 Å². The second-order valence-corrected chi connectivity index (χ2v) is 5.68. The van der Waals surface area contributed by atoms with Gasteiger partial charge in [-0.25, -0.2) is 0 Å². The van der Waals surface area contributed by atoms with Crippen molar-refractivity contribution in [3.63, 3.8) is 0 Å². The van der Waals surface area contributed by atoms with Crippen molar-refractivity contribution < 1.29 is 9.90 Å². The first-order valence-electron chi connectivity index (χ1n) is 5.78. The summed E-state index contributed by atoms with van der Waals surface area (Å²) in [5.74, 6) is -0.264. The molecule has 4 nitrogen and oxygen atoms in total. The summed E-state index contributed by atoms with van der Waals surface area (Å²) in [5, 5.41) is 12.4. The summed E-state index contributed by atoms with van der Waals surface area (Å²) < 4.78 is 0. The van der Waals surface area contributed by atoms with Gasteiger partial charge >= 0.3 is 5.97 Å². The highest BCUT2D eigenvalue weighted by Gasteiger charge is 2.28. The lowest BCUT2D eigenvalue weighted by Crippen LogP contribution is -2.47. The zero-order chi connectivity index (χ0) is 12.9. The number of carbonyl (C=O) groups is 1. The number of hydrogen-bond acceptors (Lipinski definition) is 3. The summed E-state index contributed by atoms with van der Waals surface area (Å²) in [4.78, 5) is 13.1. The lowest BCUT2D eigenvalue weighted by atomic mass is 9.92. The highest BCUT2D eigenvalue weighted by Crippen LogP contribution is 2.14. The molecule has 0 fully saturated rings. The van der Waals surface area contributed by atoms with Gasteiger partial charge in [0, 0.05) is 19.1 Å². The predicted molar refractivity (Wildman–Crippen MR) is 66.6 cm³/mol. The van der Waals surface area contributed by atoms with Gasteiger partial charge in [0.05, 0.1) is 5.41 Å². The molecule has 16 heavy (non-hydrogen) atoms. The van der Waals surface area contributed by atoms with Crippen LogP contribution in [0, 0.1) is 11.3 Å². The highest BCUT2D eigenvalue weighted by molar-refractivity contribution is 5.73. The molecule has 0 aliphatic rings. The van der Waals surface area contributed by atoms with Crippen molar-refractivity contribution in [2.24, 2.45) is 11.3 Å². The molecule has 0 aliphatic carbocycles. The molecule has 0 aromatic carbocycles. The van der Waals surface area contributed by atoms with Crippen LogP contribution in [0.5, 0.6) is 0 Å². The number of rotatable bonds is 7. The third-order valence-electron chi connectivity index (χ3n) is 2.75. The summed E-state index contributed by atoms with van der Waals surface area (Å²) in [7, 11) is 4.05. The molecule has 4 heteroatoms. The molecule has 0 amide bonds. The van der Waals surface area contributed by atoms with Crippen LogP contribution < -0.4 is 5.32 Å². The van der Waals surface area contributed by atoms with Crippen LogP contribution in [0.2, 0.25) is 0 Å².